The minimum absolute atomic E-state index is 0.0742. The van der Waals surface area contributed by atoms with Crippen LogP contribution in [0.5, 0.6) is 0 Å². The number of aromatic nitrogens is 4. The van der Waals surface area contributed by atoms with Gasteiger partial charge in [-0.3, -0.25) is 9.78 Å². The van der Waals surface area contributed by atoms with Gasteiger partial charge in [0, 0.05) is 36.9 Å². The summed E-state index contributed by atoms with van der Waals surface area (Å²) in [6.07, 6.45) is 4.03. The Hall–Kier alpha value is -3.24. The third kappa shape index (κ3) is 4.12. The van der Waals surface area contributed by atoms with Crippen molar-refractivity contribution < 1.29 is 18.3 Å². The van der Waals surface area contributed by atoms with Crippen molar-refractivity contribution in [3.8, 4) is 11.1 Å². The van der Waals surface area contributed by atoms with E-state index in [-0.39, 0.29) is 18.0 Å². The van der Waals surface area contributed by atoms with Gasteiger partial charge in [0.05, 0.1) is 40.3 Å². The molecular formula is C27H28FN5O3S. The lowest BCUT2D eigenvalue weighted by atomic mass is 10.0. The zero-order valence-electron chi connectivity index (χ0n) is 21.0. The number of hydrogen-bond acceptors (Lipinski definition) is 6. The maximum Gasteiger partial charge on any atom is 0.227 e. The molecule has 5 heterocycles. The Morgan fingerprint density at radius 2 is 1.89 bits per heavy atom. The Balaban J connectivity index is 1.50. The third-order valence-corrected chi connectivity index (χ3v) is 8.94. The van der Waals surface area contributed by atoms with Gasteiger partial charge in [0.15, 0.2) is 0 Å². The fourth-order valence-corrected chi connectivity index (χ4v) is 6.98. The molecule has 10 heteroatoms. The highest BCUT2D eigenvalue weighted by molar-refractivity contribution is 7.91. The molecule has 37 heavy (non-hydrogen) atoms. The second-order valence-electron chi connectivity index (χ2n) is 9.90. The minimum Gasteiger partial charge on any atom is -0.616 e. The molecule has 0 N–H and O–H groups in total. The highest BCUT2D eigenvalue weighted by atomic mass is 32.2. The van der Waals surface area contributed by atoms with Gasteiger partial charge in [-0.15, -0.1) is 0 Å². The monoisotopic (exact) mass is 521 g/mol. The molecule has 2 aliphatic heterocycles. The highest BCUT2D eigenvalue weighted by Crippen LogP contribution is 2.41. The number of benzene rings is 1. The molecule has 3 aromatic heterocycles. The van der Waals surface area contributed by atoms with E-state index in [1.807, 2.05) is 19.9 Å². The summed E-state index contributed by atoms with van der Waals surface area (Å²) in [5, 5.41) is 4.09. The van der Waals surface area contributed by atoms with E-state index in [1.54, 1.807) is 18.0 Å². The van der Waals surface area contributed by atoms with Crippen molar-refractivity contribution in [3.63, 3.8) is 0 Å². The summed E-state index contributed by atoms with van der Waals surface area (Å²) in [5.41, 5.74) is 5.24. The average Bonchev–Trinajstić information content (AvgIpc) is 3.55. The summed E-state index contributed by atoms with van der Waals surface area (Å²) in [7, 11) is 0. The molecule has 1 aromatic carbocycles. The number of pyridine rings is 1. The van der Waals surface area contributed by atoms with E-state index in [4.69, 9.17) is 9.51 Å². The largest absolute Gasteiger partial charge is 0.616 e. The van der Waals surface area contributed by atoms with E-state index in [0.29, 0.717) is 35.7 Å². The SMILES string of the molecule is Cc1ncc(N2C(=O)CC[C@H]2c2nc3cc(-c4c(C)noc4C)ccc3n2C2CC[S+]([O-])CC2)cc1F. The molecule has 2 fully saturated rings. The van der Waals surface area contributed by atoms with Crippen LogP contribution in [0, 0.1) is 26.6 Å². The van der Waals surface area contributed by atoms with Gasteiger partial charge in [-0.25, -0.2) is 9.37 Å². The van der Waals surface area contributed by atoms with E-state index < -0.39 is 17.0 Å². The van der Waals surface area contributed by atoms with Crippen molar-refractivity contribution in [3.05, 3.63) is 59.3 Å². The normalized spacial score (nSPS) is 22.4. The molecular weight excluding hydrogens is 493 g/mol. The van der Waals surface area contributed by atoms with Gasteiger partial charge in [-0.05, 0) is 44.9 Å². The van der Waals surface area contributed by atoms with E-state index in [2.05, 4.69) is 26.8 Å². The first kappa shape index (κ1) is 24.1. The molecule has 4 aromatic rings. The lowest BCUT2D eigenvalue weighted by Gasteiger charge is -2.30. The minimum atomic E-state index is -0.807. The number of carbonyl (C=O) groups is 1. The maximum atomic E-state index is 14.4. The fourth-order valence-electron chi connectivity index (χ4n) is 5.71. The van der Waals surface area contributed by atoms with Gasteiger partial charge in [-0.1, -0.05) is 22.4 Å². The zero-order valence-corrected chi connectivity index (χ0v) is 21.8. The van der Waals surface area contributed by atoms with Crippen LogP contribution in [0.15, 0.2) is 35.0 Å². The van der Waals surface area contributed by atoms with Crippen LogP contribution in [0.1, 0.15) is 60.7 Å². The number of aryl methyl sites for hydroxylation is 3. The van der Waals surface area contributed by atoms with Crippen LogP contribution in [-0.2, 0) is 16.0 Å². The van der Waals surface area contributed by atoms with Crippen molar-refractivity contribution in [1.29, 1.82) is 0 Å². The number of amides is 1. The predicted octanol–water partition coefficient (Wildman–Crippen LogP) is 5.10. The van der Waals surface area contributed by atoms with Crippen molar-refractivity contribution >= 4 is 33.8 Å². The number of halogens is 1. The molecule has 2 aliphatic rings. The van der Waals surface area contributed by atoms with Crippen molar-refractivity contribution in [2.45, 2.75) is 58.5 Å². The predicted molar refractivity (Wildman–Crippen MR) is 139 cm³/mol. The van der Waals surface area contributed by atoms with E-state index in [0.717, 1.165) is 52.3 Å². The molecule has 0 radical (unpaired) electrons. The number of nitrogens with zero attached hydrogens (tertiary/aromatic N) is 5. The van der Waals surface area contributed by atoms with Crippen molar-refractivity contribution in [2.24, 2.45) is 0 Å². The summed E-state index contributed by atoms with van der Waals surface area (Å²) in [6.45, 7) is 5.41. The molecule has 8 nitrogen and oxygen atoms in total. The first-order valence-corrected chi connectivity index (χ1v) is 14.0. The van der Waals surface area contributed by atoms with Crippen LogP contribution in [0.3, 0.4) is 0 Å². The summed E-state index contributed by atoms with van der Waals surface area (Å²) >= 11 is -0.807. The number of fused-ring (bicyclic) bond motifs is 1. The van der Waals surface area contributed by atoms with Gasteiger partial charge in [0.25, 0.3) is 0 Å². The number of anilines is 1. The molecule has 1 amide bonds. The summed E-state index contributed by atoms with van der Waals surface area (Å²) in [5.74, 6) is 2.28. The number of imidazole rings is 1. The standard InChI is InChI=1S/C27H28FN5O3S/c1-15-21(28)13-20(14-29-15)32-24(6-7-25(32)34)27-30-22-12-18(26-16(2)31-36-17(26)3)4-5-23(22)33(27)19-8-10-37(35)11-9-19/h4-5,12-14,19,24H,6-11H2,1-3H3/t19?,24-,37?/m0/s1. The van der Waals surface area contributed by atoms with Gasteiger partial charge < -0.3 is 18.5 Å². The molecule has 1 atom stereocenters. The smallest absolute Gasteiger partial charge is 0.227 e. The average molecular weight is 522 g/mol. The van der Waals surface area contributed by atoms with Crippen LogP contribution in [0.2, 0.25) is 0 Å². The molecule has 0 spiro atoms. The van der Waals surface area contributed by atoms with Gasteiger partial charge in [-0.2, -0.15) is 0 Å². The van der Waals surface area contributed by atoms with E-state index in [9.17, 15) is 13.7 Å². The molecule has 192 valence electrons. The van der Waals surface area contributed by atoms with Crippen LogP contribution in [0.4, 0.5) is 10.1 Å². The van der Waals surface area contributed by atoms with Crippen LogP contribution in [0.25, 0.3) is 22.2 Å². The van der Waals surface area contributed by atoms with E-state index >= 15 is 0 Å². The van der Waals surface area contributed by atoms with Crippen LogP contribution < -0.4 is 4.90 Å². The number of hydrogen-bond donors (Lipinski definition) is 0. The number of carbonyl (C=O) groups excluding carboxylic acids is 1. The van der Waals surface area contributed by atoms with Crippen LogP contribution in [-0.4, -0.2) is 41.7 Å². The lowest BCUT2D eigenvalue weighted by Crippen LogP contribution is -2.32. The summed E-state index contributed by atoms with van der Waals surface area (Å²) in [4.78, 5) is 24.0. The van der Waals surface area contributed by atoms with Crippen molar-refractivity contribution in [2.75, 3.05) is 16.4 Å². The molecule has 0 aliphatic carbocycles. The second kappa shape index (κ2) is 9.25. The van der Waals surface area contributed by atoms with Crippen LogP contribution >= 0.6 is 0 Å². The Morgan fingerprint density at radius 3 is 2.59 bits per heavy atom. The quantitative estimate of drug-likeness (QED) is 0.346. The molecule has 6 rings (SSSR count). The van der Waals surface area contributed by atoms with Gasteiger partial charge in [0.2, 0.25) is 5.91 Å². The van der Waals surface area contributed by atoms with Crippen molar-refractivity contribution in [1.82, 2.24) is 19.7 Å². The summed E-state index contributed by atoms with van der Waals surface area (Å²) < 4.78 is 34.2. The Labute approximate surface area is 217 Å². The van der Waals surface area contributed by atoms with Gasteiger partial charge >= 0.3 is 0 Å². The maximum absolute atomic E-state index is 14.4. The highest BCUT2D eigenvalue weighted by Gasteiger charge is 2.39. The molecule has 2 saturated heterocycles. The molecule has 0 unspecified atom stereocenters. The van der Waals surface area contributed by atoms with Gasteiger partial charge in [0.1, 0.15) is 28.9 Å². The summed E-state index contributed by atoms with van der Waals surface area (Å²) in [6, 6.07) is 7.30. The first-order valence-electron chi connectivity index (χ1n) is 12.6. The molecule has 0 saturated carbocycles. The Bertz CT molecular complexity index is 1490. The second-order valence-corrected chi connectivity index (χ2v) is 11.6. The lowest BCUT2D eigenvalue weighted by molar-refractivity contribution is -0.117. The number of rotatable bonds is 4. The fraction of sp³-hybridized carbons (Fsp3) is 0.407. The third-order valence-electron chi connectivity index (χ3n) is 7.56. The Kier molecular flexibility index (Phi) is 6.03. The Morgan fingerprint density at radius 1 is 1.11 bits per heavy atom. The molecule has 0 bridgehead atoms. The first-order chi connectivity index (χ1) is 17.8. The topological polar surface area (TPSA) is 100 Å². The zero-order chi connectivity index (χ0) is 25.8. The van der Waals surface area contributed by atoms with E-state index in [1.165, 1.54) is 6.07 Å².